The average molecular weight is 287 g/mol. The molecule has 0 spiro atoms. The molecule has 0 aromatic heterocycles. The quantitative estimate of drug-likeness (QED) is 0.689. The largest absolute Gasteiger partial charge is 0.497 e. The molecule has 0 unspecified atom stereocenters. The fourth-order valence-corrected chi connectivity index (χ4v) is 2.94. The van der Waals surface area contributed by atoms with Gasteiger partial charge in [-0.1, -0.05) is 6.07 Å². The summed E-state index contributed by atoms with van der Waals surface area (Å²) in [5.41, 5.74) is 0. The van der Waals surface area contributed by atoms with Gasteiger partial charge in [-0.15, -0.1) is 0 Å². The van der Waals surface area contributed by atoms with Crippen molar-refractivity contribution in [3.8, 4) is 5.75 Å². The minimum Gasteiger partial charge on any atom is -0.497 e. The van der Waals surface area contributed by atoms with E-state index in [-0.39, 0.29) is 5.75 Å². The Morgan fingerprint density at radius 2 is 2.00 bits per heavy atom. The third-order valence-electron chi connectivity index (χ3n) is 2.65. The van der Waals surface area contributed by atoms with Gasteiger partial charge in [0.1, 0.15) is 5.75 Å². The van der Waals surface area contributed by atoms with E-state index in [1.165, 1.54) is 7.11 Å². The minimum absolute atomic E-state index is 0.125. The number of hydrogen-bond donors (Lipinski definition) is 1. The maximum atomic E-state index is 12.1. The van der Waals surface area contributed by atoms with Crippen LogP contribution in [-0.2, 0) is 14.6 Å². The molecule has 0 saturated carbocycles. The summed E-state index contributed by atoms with van der Waals surface area (Å²) in [4.78, 5) is 0.309. The van der Waals surface area contributed by atoms with E-state index in [4.69, 9.17) is 9.47 Å². The van der Waals surface area contributed by atoms with E-state index in [0.717, 1.165) is 6.54 Å². The second kappa shape index (κ2) is 8.14. The molecule has 108 valence electrons. The maximum Gasteiger partial charge on any atom is 0.178 e. The Morgan fingerprint density at radius 3 is 2.68 bits per heavy atom. The van der Waals surface area contributed by atoms with Crippen LogP contribution in [0.1, 0.15) is 6.42 Å². The number of sulfone groups is 1. The topological polar surface area (TPSA) is 64.6 Å². The van der Waals surface area contributed by atoms with Crippen molar-refractivity contribution >= 4 is 9.84 Å². The van der Waals surface area contributed by atoms with Gasteiger partial charge in [0.15, 0.2) is 9.84 Å². The van der Waals surface area contributed by atoms with Crippen molar-refractivity contribution in [2.45, 2.75) is 11.3 Å². The summed E-state index contributed by atoms with van der Waals surface area (Å²) in [6.07, 6.45) is 0.573. The van der Waals surface area contributed by atoms with Gasteiger partial charge in [-0.05, 0) is 31.2 Å². The summed E-state index contributed by atoms with van der Waals surface area (Å²) in [6.45, 7) is 2.02. The van der Waals surface area contributed by atoms with E-state index in [9.17, 15) is 8.42 Å². The summed E-state index contributed by atoms with van der Waals surface area (Å²) in [6, 6.07) is 6.55. The predicted molar refractivity (Wildman–Crippen MR) is 74.4 cm³/mol. The summed E-state index contributed by atoms with van der Waals surface area (Å²) in [5, 5.41) is 3.12. The number of rotatable bonds is 9. The van der Waals surface area contributed by atoms with E-state index in [2.05, 4.69) is 5.32 Å². The first-order valence-corrected chi connectivity index (χ1v) is 7.82. The van der Waals surface area contributed by atoms with Gasteiger partial charge in [0.25, 0.3) is 0 Å². The molecule has 0 radical (unpaired) electrons. The zero-order valence-electron chi connectivity index (χ0n) is 11.4. The standard InChI is InChI=1S/C13H21NO4S/c1-17-9-8-14-7-4-10-19(15,16)13-6-3-5-12(11-13)18-2/h3,5-6,11,14H,4,7-10H2,1-2H3. The number of hydrogen-bond acceptors (Lipinski definition) is 5. The van der Waals surface area contributed by atoms with Gasteiger partial charge in [-0.3, -0.25) is 0 Å². The minimum atomic E-state index is -3.24. The van der Waals surface area contributed by atoms with Crippen LogP contribution in [0.15, 0.2) is 29.2 Å². The normalized spacial score (nSPS) is 11.5. The Hall–Kier alpha value is -1.11. The molecule has 1 aromatic rings. The predicted octanol–water partition coefficient (Wildman–Crippen LogP) is 1.09. The van der Waals surface area contributed by atoms with Crippen LogP contribution in [0, 0.1) is 0 Å². The van der Waals surface area contributed by atoms with E-state index in [1.807, 2.05) is 0 Å². The van der Waals surface area contributed by atoms with Gasteiger partial charge < -0.3 is 14.8 Å². The highest BCUT2D eigenvalue weighted by Gasteiger charge is 2.14. The third-order valence-corrected chi connectivity index (χ3v) is 4.45. The van der Waals surface area contributed by atoms with Crippen LogP contribution in [0.25, 0.3) is 0 Å². The number of ether oxygens (including phenoxy) is 2. The highest BCUT2D eigenvalue weighted by atomic mass is 32.2. The molecule has 0 saturated heterocycles. The first-order valence-electron chi connectivity index (χ1n) is 6.16. The van der Waals surface area contributed by atoms with Crippen molar-refractivity contribution in [2.24, 2.45) is 0 Å². The van der Waals surface area contributed by atoms with Gasteiger partial charge in [-0.2, -0.15) is 0 Å². The number of methoxy groups -OCH3 is 2. The van der Waals surface area contributed by atoms with E-state index < -0.39 is 9.84 Å². The van der Waals surface area contributed by atoms with Gasteiger partial charge in [-0.25, -0.2) is 8.42 Å². The lowest BCUT2D eigenvalue weighted by Gasteiger charge is -2.07. The van der Waals surface area contributed by atoms with Crippen LogP contribution in [0.5, 0.6) is 5.75 Å². The molecule has 1 aromatic carbocycles. The van der Waals surface area contributed by atoms with Crippen molar-refractivity contribution in [3.05, 3.63) is 24.3 Å². The molecule has 0 amide bonds. The molecule has 0 aliphatic carbocycles. The lowest BCUT2D eigenvalue weighted by molar-refractivity contribution is 0.199. The van der Waals surface area contributed by atoms with E-state index in [1.54, 1.807) is 31.4 Å². The summed E-state index contributed by atoms with van der Waals surface area (Å²) in [7, 11) is -0.0837. The van der Waals surface area contributed by atoms with Gasteiger partial charge in [0.05, 0.1) is 24.4 Å². The van der Waals surface area contributed by atoms with Crippen LogP contribution in [-0.4, -0.2) is 48.1 Å². The lowest BCUT2D eigenvalue weighted by atomic mass is 10.3. The zero-order valence-corrected chi connectivity index (χ0v) is 12.2. The van der Waals surface area contributed by atoms with Crippen molar-refractivity contribution < 1.29 is 17.9 Å². The highest BCUT2D eigenvalue weighted by Crippen LogP contribution is 2.18. The van der Waals surface area contributed by atoms with Crippen molar-refractivity contribution in [1.29, 1.82) is 0 Å². The molecular weight excluding hydrogens is 266 g/mol. The fraction of sp³-hybridized carbons (Fsp3) is 0.538. The molecular formula is C13H21NO4S. The van der Waals surface area contributed by atoms with Crippen molar-refractivity contribution in [2.75, 3.05) is 39.7 Å². The fourth-order valence-electron chi connectivity index (χ4n) is 1.60. The Kier molecular flexibility index (Phi) is 6.83. The summed E-state index contributed by atoms with van der Waals surface area (Å²) >= 11 is 0. The summed E-state index contributed by atoms with van der Waals surface area (Å²) < 4.78 is 34.1. The number of benzene rings is 1. The SMILES string of the molecule is COCCNCCCS(=O)(=O)c1cccc(OC)c1. The molecule has 0 fully saturated rings. The molecule has 1 N–H and O–H groups in total. The second-order valence-corrected chi connectivity index (χ2v) is 6.20. The smallest absolute Gasteiger partial charge is 0.178 e. The molecule has 0 aliphatic heterocycles. The molecule has 0 bridgehead atoms. The molecule has 6 heteroatoms. The van der Waals surface area contributed by atoms with Gasteiger partial charge >= 0.3 is 0 Å². The molecule has 1 rings (SSSR count). The van der Waals surface area contributed by atoms with Crippen molar-refractivity contribution in [3.63, 3.8) is 0 Å². The Balaban J connectivity index is 2.46. The van der Waals surface area contributed by atoms with Crippen LogP contribution < -0.4 is 10.1 Å². The molecule has 0 aliphatic rings. The van der Waals surface area contributed by atoms with Gasteiger partial charge in [0.2, 0.25) is 0 Å². The van der Waals surface area contributed by atoms with Crippen LogP contribution in [0.2, 0.25) is 0 Å². The highest BCUT2D eigenvalue weighted by molar-refractivity contribution is 7.91. The Morgan fingerprint density at radius 1 is 1.21 bits per heavy atom. The molecule has 5 nitrogen and oxygen atoms in total. The van der Waals surface area contributed by atoms with Crippen LogP contribution >= 0.6 is 0 Å². The zero-order chi connectivity index (χ0) is 14.1. The molecule has 0 atom stereocenters. The Bertz CT molecular complexity index is 473. The second-order valence-electron chi connectivity index (χ2n) is 4.09. The maximum absolute atomic E-state index is 12.1. The van der Waals surface area contributed by atoms with Crippen molar-refractivity contribution in [1.82, 2.24) is 5.32 Å². The summed E-state index contributed by atoms with van der Waals surface area (Å²) in [5.74, 6) is 0.680. The lowest BCUT2D eigenvalue weighted by Crippen LogP contribution is -2.22. The monoisotopic (exact) mass is 287 g/mol. The molecule has 19 heavy (non-hydrogen) atoms. The van der Waals surface area contributed by atoms with Gasteiger partial charge in [0, 0.05) is 13.7 Å². The number of nitrogens with one attached hydrogen (secondary N) is 1. The average Bonchev–Trinajstić information content (AvgIpc) is 2.43. The van der Waals surface area contributed by atoms with E-state index >= 15 is 0 Å². The van der Waals surface area contributed by atoms with E-state index in [0.29, 0.717) is 30.2 Å². The first kappa shape index (κ1) is 15.9. The Labute approximate surface area is 114 Å². The van der Waals surface area contributed by atoms with Crippen LogP contribution in [0.4, 0.5) is 0 Å². The molecule has 0 heterocycles. The third kappa shape index (κ3) is 5.59. The van der Waals surface area contributed by atoms with Crippen LogP contribution in [0.3, 0.4) is 0 Å². The first-order chi connectivity index (χ1) is 9.10.